The minimum Gasteiger partial charge on any atom is -0.481 e. The number of fused-ring (bicyclic) bond motifs is 7. The second-order valence-electron chi connectivity index (χ2n) is 15.1. The number of carbonyl (C=O) groups is 3. The van der Waals surface area contributed by atoms with E-state index in [0.717, 1.165) is 32.1 Å². The highest BCUT2D eigenvalue weighted by molar-refractivity contribution is 6.04. The number of nitriles is 1. The van der Waals surface area contributed by atoms with E-state index in [-0.39, 0.29) is 57.1 Å². The van der Waals surface area contributed by atoms with Crippen molar-refractivity contribution in [1.82, 2.24) is 0 Å². The first kappa shape index (κ1) is 25.7. The number of ketones is 2. The van der Waals surface area contributed by atoms with Crippen molar-refractivity contribution in [2.45, 2.75) is 99.8 Å². The molecule has 5 nitrogen and oxygen atoms in total. The zero-order chi connectivity index (χ0) is 26.7. The average molecular weight is 494 g/mol. The largest absolute Gasteiger partial charge is 0.481 e. The maximum absolute atomic E-state index is 14.3. The molecule has 0 bridgehead atoms. The van der Waals surface area contributed by atoms with Crippen LogP contribution in [-0.2, 0) is 14.4 Å². The minimum atomic E-state index is -0.799. The molecule has 0 amide bonds. The van der Waals surface area contributed by atoms with Gasteiger partial charge in [0.05, 0.1) is 11.0 Å². The van der Waals surface area contributed by atoms with Gasteiger partial charge in [-0.2, -0.15) is 5.26 Å². The number of Topliss-reactive ketones (excluding diaryl/α,β-unsaturated/α-hetero) is 2. The molecule has 5 heteroatoms. The lowest BCUT2D eigenvalue weighted by Crippen LogP contribution is -2.69. The molecule has 1 N–H and O–H groups in total. The molecule has 0 aromatic heterocycles. The molecule has 5 aliphatic rings. The Morgan fingerprint density at radius 1 is 0.944 bits per heavy atom. The molecule has 4 saturated carbocycles. The maximum atomic E-state index is 14.3. The zero-order valence-corrected chi connectivity index (χ0v) is 23.2. The number of hydrogen-bond acceptors (Lipinski definition) is 4. The van der Waals surface area contributed by atoms with Gasteiger partial charge in [-0.3, -0.25) is 14.4 Å². The lowest BCUT2D eigenvalue weighted by Gasteiger charge is -2.71. The van der Waals surface area contributed by atoms with Gasteiger partial charge in [-0.15, -0.1) is 0 Å². The van der Waals surface area contributed by atoms with E-state index in [1.807, 2.05) is 19.9 Å². The monoisotopic (exact) mass is 493 g/mol. The van der Waals surface area contributed by atoms with E-state index in [2.05, 4.69) is 40.7 Å². The fourth-order valence-electron chi connectivity index (χ4n) is 10.7. The fourth-order valence-corrected chi connectivity index (χ4v) is 10.7. The highest BCUT2D eigenvalue weighted by Crippen LogP contribution is 2.75. The van der Waals surface area contributed by atoms with E-state index in [9.17, 15) is 24.8 Å². The Balaban J connectivity index is 1.65. The van der Waals surface area contributed by atoms with Crippen LogP contribution < -0.4 is 0 Å². The lowest BCUT2D eigenvalue weighted by molar-refractivity contribution is -0.225. The number of carboxylic acid groups (broad SMARTS) is 1. The van der Waals surface area contributed by atoms with Gasteiger partial charge in [-0.1, -0.05) is 54.5 Å². The van der Waals surface area contributed by atoms with Crippen molar-refractivity contribution in [3.63, 3.8) is 0 Å². The summed E-state index contributed by atoms with van der Waals surface area (Å²) < 4.78 is 0. The molecule has 36 heavy (non-hydrogen) atoms. The van der Waals surface area contributed by atoms with Crippen LogP contribution in [0.25, 0.3) is 0 Å². The van der Waals surface area contributed by atoms with Gasteiger partial charge in [0, 0.05) is 17.8 Å². The Labute approximate surface area is 216 Å². The summed E-state index contributed by atoms with van der Waals surface area (Å²) in [5.74, 6) is -0.843. The van der Waals surface area contributed by atoms with Crippen molar-refractivity contribution >= 4 is 17.5 Å². The summed E-state index contributed by atoms with van der Waals surface area (Å²) in [6.07, 6.45) is 7.87. The third kappa shape index (κ3) is 2.91. The van der Waals surface area contributed by atoms with Gasteiger partial charge in [0.15, 0.2) is 5.78 Å². The van der Waals surface area contributed by atoms with Gasteiger partial charge in [-0.25, -0.2) is 0 Å². The van der Waals surface area contributed by atoms with Crippen LogP contribution in [0, 0.1) is 67.5 Å². The fraction of sp³-hybridized carbons (Fsp3) is 0.806. The molecule has 0 aromatic rings. The molecule has 5 aliphatic carbocycles. The second-order valence-corrected chi connectivity index (χ2v) is 15.1. The van der Waals surface area contributed by atoms with Crippen molar-refractivity contribution in [3.8, 4) is 6.07 Å². The normalized spacial score (nSPS) is 48.9. The number of nitrogens with zero attached hydrogens (tertiary/aromatic N) is 1. The van der Waals surface area contributed by atoms with Crippen LogP contribution in [0.5, 0.6) is 0 Å². The molecule has 4 fully saturated rings. The van der Waals surface area contributed by atoms with Gasteiger partial charge in [-0.05, 0) is 84.4 Å². The minimum absolute atomic E-state index is 0.0295. The summed E-state index contributed by atoms with van der Waals surface area (Å²) in [6.45, 7) is 15.2. The molecule has 8 atom stereocenters. The van der Waals surface area contributed by atoms with E-state index in [0.29, 0.717) is 19.3 Å². The lowest BCUT2D eigenvalue weighted by atomic mass is 9.31. The summed E-state index contributed by atoms with van der Waals surface area (Å²) in [5.41, 5.74) is -2.07. The molecule has 5 rings (SSSR count). The molecular formula is C31H43NO4. The number of carboxylic acids is 1. The molecule has 0 radical (unpaired) electrons. The van der Waals surface area contributed by atoms with E-state index in [1.54, 1.807) is 0 Å². The Bertz CT molecular complexity index is 1130. The van der Waals surface area contributed by atoms with E-state index >= 15 is 0 Å². The van der Waals surface area contributed by atoms with Crippen LogP contribution in [-0.4, -0.2) is 22.6 Å². The van der Waals surface area contributed by atoms with Crippen molar-refractivity contribution in [1.29, 1.82) is 5.26 Å². The topological polar surface area (TPSA) is 95.2 Å². The average Bonchev–Trinajstić information content (AvgIpc) is 2.77. The highest BCUT2D eigenvalue weighted by atomic mass is 16.4. The van der Waals surface area contributed by atoms with Crippen molar-refractivity contribution in [2.75, 3.05) is 0 Å². The number of hydrogen-bond donors (Lipinski definition) is 1. The van der Waals surface area contributed by atoms with Crippen molar-refractivity contribution in [3.05, 3.63) is 11.6 Å². The maximum Gasteiger partial charge on any atom is 0.309 e. The van der Waals surface area contributed by atoms with Gasteiger partial charge in [0.25, 0.3) is 0 Å². The Kier molecular flexibility index (Phi) is 5.23. The Hall–Kier alpha value is -1.96. The number of carbonyl (C=O) groups excluding carboxylic acids is 2. The third-order valence-corrected chi connectivity index (χ3v) is 12.9. The molecular weight excluding hydrogens is 450 g/mol. The number of rotatable bonds is 1. The second kappa shape index (κ2) is 7.33. The SMILES string of the molecule is CC1(C)CCC2(C(=O)O)CCC3(C)C(C(=O)CC4C5(C)C=C(C#N)C(=O)C(C)(C)C5CCC43C)C2C1. The zero-order valence-electron chi connectivity index (χ0n) is 23.2. The highest BCUT2D eigenvalue weighted by Gasteiger charge is 2.73. The van der Waals surface area contributed by atoms with Crippen molar-refractivity contribution in [2.24, 2.45) is 56.2 Å². The summed E-state index contributed by atoms with van der Waals surface area (Å²) in [6, 6.07) is 2.18. The first-order chi connectivity index (χ1) is 16.5. The standard InChI is InChI=1S/C31H43NO4/c1-26(2)10-12-31(25(35)36)13-11-30(7)23(19(31)16-26)20(33)14-22-28(5)15-18(17-32)24(34)27(3,4)21(28)8-9-29(22,30)6/h15,19,21-23H,8-14,16H2,1-7H3,(H,35,36). The van der Waals surface area contributed by atoms with Crippen LogP contribution in [0.15, 0.2) is 11.6 Å². The molecule has 0 spiro atoms. The van der Waals surface area contributed by atoms with Gasteiger partial charge >= 0.3 is 5.97 Å². The van der Waals surface area contributed by atoms with E-state index in [1.165, 1.54) is 0 Å². The van der Waals surface area contributed by atoms with Crippen LogP contribution in [0.3, 0.4) is 0 Å². The smallest absolute Gasteiger partial charge is 0.309 e. The summed E-state index contributed by atoms with van der Waals surface area (Å²) >= 11 is 0. The van der Waals surface area contributed by atoms with Gasteiger partial charge in [0.1, 0.15) is 11.9 Å². The van der Waals surface area contributed by atoms with Crippen molar-refractivity contribution < 1.29 is 19.5 Å². The molecule has 0 aromatic carbocycles. The number of aliphatic carboxylic acids is 1. The van der Waals surface area contributed by atoms with E-state index in [4.69, 9.17) is 0 Å². The van der Waals surface area contributed by atoms with Crippen LogP contribution in [0.4, 0.5) is 0 Å². The van der Waals surface area contributed by atoms with Gasteiger partial charge in [0.2, 0.25) is 0 Å². The Morgan fingerprint density at radius 3 is 2.19 bits per heavy atom. The number of allylic oxidation sites excluding steroid dienone is 2. The van der Waals surface area contributed by atoms with E-state index < -0.39 is 22.2 Å². The van der Waals surface area contributed by atoms with Gasteiger partial charge < -0.3 is 5.11 Å². The van der Waals surface area contributed by atoms with Crippen LogP contribution in [0.2, 0.25) is 0 Å². The van der Waals surface area contributed by atoms with Crippen LogP contribution in [0.1, 0.15) is 99.8 Å². The first-order valence-electron chi connectivity index (χ1n) is 13.9. The molecule has 196 valence electrons. The quantitative estimate of drug-likeness (QED) is 0.458. The van der Waals surface area contributed by atoms with Crippen LogP contribution >= 0.6 is 0 Å². The first-order valence-corrected chi connectivity index (χ1v) is 13.9. The summed E-state index contributed by atoms with van der Waals surface area (Å²) in [4.78, 5) is 40.3. The summed E-state index contributed by atoms with van der Waals surface area (Å²) in [5, 5.41) is 20.4. The molecule has 0 saturated heterocycles. The Morgan fingerprint density at radius 2 is 1.58 bits per heavy atom. The molecule has 0 aliphatic heterocycles. The predicted molar refractivity (Wildman–Crippen MR) is 137 cm³/mol. The third-order valence-electron chi connectivity index (χ3n) is 12.9. The molecule has 8 unspecified atom stereocenters. The molecule has 0 heterocycles. The summed E-state index contributed by atoms with van der Waals surface area (Å²) in [7, 11) is 0. The predicted octanol–water partition coefficient (Wildman–Crippen LogP) is 6.37.